The zero-order valence-corrected chi connectivity index (χ0v) is 13.3. The molecule has 0 atom stereocenters. The van der Waals surface area contributed by atoms with Crippen LogP contribution in [0.2, 0.25) is 0 Å². The summed E-state index contributed by atoms with van der Waals surface area (Å²) in [7, 11) is -1.87. The van der Waals surface area contributed by atoms with Gasteiger partial charge < -0.3 is 5.11 Å². The van der Waals surface area contributed by atoms with Crippen LogP contribution in [-0.2, 0) is 16.8 Å². The predicted octanol–water partition coefficient (Wildman–Crippen LogP) is 1.07. The molecule has 0 aliphatic carbocycles. The Kier molecular flexibility index (Phi) is 8.16. The van der Waals surface area contributed by atoms with Gasteiger partial charge in [0.05, 0.1) is 0 Å². The molecule has 0 saturated carbocycles. The molecule has 0 heterocycles. The minimum absolute atomic E-state index is 0.179. The van der Waals surface area contributed by atoms with Gasteiger partial charge in [0, 0.05) is 32.5 Å². The van der Waals surface area contributed by atoms with Crippen LogP contribution in [0.4, 0.5) is 0 Å². The first-order valence-corrected chi connectivity index (χ1v) is 9.09. The first-order valence-electron chi connectivity index (χ1n) is 6.49. The molecule has 5 nitrogen and oxygen atoms in total. The molecule has 0 aliphatic heterocycles. The summed E-state index contributed by atoms with van der Waals surface area (Å²) >= 11 is 1.63. The monoisotopic (exact) mass is 318 g/mol. The lowest BCUT2D eigenvalue weighted by Gasteiger charge is -2.17. The molecule has 20 heavy (non-hydrogen) atoms. The Hall–Kier alpha value is -0.600. The van der Waals surface area contributed by atoms with Gasteiger partial charge in [-0.2, -0.15) is 24.5 Å². The lowest BCUT2D eigenvalue weighted by Crippen LogP contribution is -2.38. The van der Waals surface area contributed by atoms with E-state index in [0.29, 0.717) is 18.8 Å². The number of hydrogen-bond acceptors (Lipinski definition) is 4. The van der Waals surface area contributed by atoms with E-state index < -0.39 is 10.2 Å². The van der Waals surface area contributed by atoms with Crippen molar-refractivity contribution < 1.29 is 13.5 Å². The number of aliphatic hydroxyl groups excluding tert-OH is 1. The lowest BCUT2D eigenvalue weighted by atomic mass is 10.2. The molecule has 0 bridgehead atoms. The lowest BCUT2D eigenvalue weighted by molar-refractivity contribution is 0.296. The Morgan fingerprint density at radius 2 is 1.95 bits per heavy atom. The first kappa shape index (κ1) is 17.5. The topological polar surface area (TPSA) is 69.6 Å². The van der Waals surface area contributed by atoms with Gasteiger partial charge in [0.1, 0.15) is 0 Å². The summed E-state index contributed by atoms with van der Waals surface area (Å²) in [4.78, 5) is 0. The van der Waals surface area contributed by atoms with Crippen LogP contribution in [0.3, 0.4) is 0 Å². The molecular formula is C13H22N2O3S2. The van der Waals surface area contributed by atoms with E-state index in [-0.39, 0.29) is 6.61 Å². The molecule has 0 spiro atoms. The molecule has 114 valence electrons. The van der Waals surface area contributed by atoms with E-state index in [0.717, 1.165) is 17.7 Å². The van der Waals surface area contributed by atoms with Crippen LogP contribution < -0.4 is 4.72 Å². The van der Waals surface area contributed by atoms with Gasteiger partial charge in [-0.05, 0) is 17.7 Å². The number of nitrogens with zero attached hydrogens (tertiary/aromatic N) is 1. The second kappa shape index (κ2) is 9.36. The molecule has 1 rings (SSSR count). The highest BCUT2D eigenvalue weighted by Gasteiger charge is 2.16. The molecule has 0 saturated heterocycles. The van der Waals surface area contributed by atoms with E-state index in [1.54, 1.807) is 18.8 Å². The van der Waals surface area contributed by atoms with Gasteiger partial charge in [-0.3, -0.25) is 0 Å². The third-order valence-electron chi connectivity index (χ3n) is 2.64. The summed E-state index contributed by atoms with van der Waals surface area (Å²) in [5, 5.41) is 8.63. The Morgan fingerprint density at radius 1 is 1.25 bits per heavy atom. The molecule has 1 aromatic rings. The van der Waals surface area contributed by atoms with Crippen molar-refractivity contribution in [3.63, 3.8) is 0 Å². The van der Waals surface area contributed by atoms with Crippen LogP contribution in [0.25, 0.3) is 0 Å². The van der Waals surface area contributed by atoms with Crippen LogP contribution in [0, 0.1) is 0 Å². The number of hydrogen-bond donors (Lipinski definition) is 2. The summed E-state index contributed by atoms with van der Waals surface area (Å²) in [5.41, 5.74) is 0.956. The van der Waals surface area contributed by atoms with Gasteiger partial charge in [0.15, 0.2) is 0 Å². The minimum atomic E-state index is -3.43. The molecule has 0 aromatic heterocycles. The largest absolute Gasteiger partial charge is 0.396 e. The predicted molar refractivity (Wildman–Crippen MR) is 83.9 cm³/mol. The zero-order valence-electron chi connectivity index (χ0n) is 11.7. The molecule has 0 fully saturated rings. The fourth-order valence-electron chi connectivity index (χ4n) is 1.55. The molecule has 2 N–H and O–H groups in total. The van der Waals surface area contributed by atoms with Gasteiger partial charge in [-0.1, -0.05) is 30.3 Å². The molecule has 7 heteroatoms. The Labute approximate surface area is 125 Å². The van der Waals surface area contributed by atoms with Crippen LogP contribution in [-0.4, -0.2) is 49.5 Å². The standard InChI is InChI=1S/C13H22N2O3S2/c1-15(12-13-6-3-2-4-7-13)20(17,18)14-8-11-19-10-5-9-16/h2-4,6-7,14,16H,5,8-12H2,1H3. The van der Waals surface area contributed by atoms with Crippen LogP contribution in [0.1, 0.15) is 12.0 Å². The number of benzene rings is 1. The maximum atomic E-state index is 12.0. The maximum absolute atomic E-state index is 12.0. The number of nitrogens with one attached hydrogen (secondary N) is 1. The number of thioether (sulfide) groups is 1. The molecular weight excluding hydrogens is 296 g/mol. The van der Waals surface area contributed by atoms with Crippen molar-refractivity contribution in [1.29, 1.82) is 0 Å². The SMILES string of the molecule is CN(Cc1ccccc1)S(=O)(=O)NCCSCCCO. The van der Waals surface area contributed by atoms with E-state index in [9.17, 15) is 8.42 Å². The fourth-order valence-corrected chi connectivity index (χ4v) is 3.36. The molecule has 0 unspecified atom stereocenters. The van der Waals surface area contributed by atoms with Crippen molar-refractivity contribution >= 4 is 22.0 Å². The Balaban J connectivity index is 2.32. The molecule has 0 amide bonds. The van der Waals surface area contributed by atoms with Gasteiger partial charge in [-0.15, -0.1) is 0 Å². The summed E-state index contributed by atoms with van der Waals surface area (Å²) in [6.07, 6.45) is 0.741. The zero-order chi connectivity index (χ0) is 14.8. The number of aliphatic hydroxyl groups is 1. The second-order valence-corrected chi connectivity index (χ2v) is 7.42. The van der Waals surface area contributed by atoms with E-state index in [2.05, 4.69) is 4.72 Å². The smallest absolute Gasteiger partial charge is 0.279 e. The highest BCUT2D eigenvalue weighted by atomic mass is 32.2. The third-order valence-corrected chi connectivity index (χ3v) is 5.22. The van der Waals surface area contributed by atoms with Crippen molar-refractivity contribution in [3.05, 3.63) is 35.9 Å². The summed E-state index contributed by atoms with van der Waals surface area (Å²) in [6.45, 7) is 0.934. The van der Waals surface area contributed by atoms with Gasteiger partial charge in [0.2, 0.25) is 0 Å². The Bertz CT molecular complexity index is 466. The Morgan fingerprint density at radius 3 is 2.60 bits per heavy atom. The van der Waals surface area contributed by atoms with E-state index >= 15 is 0 Å². The highest BCUT2D eigenvalue weighted by molar-refractivity contribution is 7.99. The quantitative estimate of drug-likeness (QED) is 0.633. The average molecular weight is 318 g/mol. The van der Waals surface area contributed by atoms with Gasteiger partial charge in [-0.25, -0.2) is 4.72 Å². The summed E-state index contributed by atoms with van der Waals surface area (Å²) in [6, 6.07) is 9.48. The maximum Gasteiger partial charge on any atom is 0.279 e. The molecule has 0 radical (unpaired) electrons. The van der Waals surface area contributed by atoms with Crippen molar-refractivity contribution in [3.8, 4) is 0 Å². The summed E-state index contributed by atoms with van der Waals surface area (Å²) < 4.78 is 27.9. The van der Waals surface area contributed by atoms with E-state index in [1.807, 2.05) is 30.3 Å². The normalized spacial score (nSPS) is 11.9. The van der Waals surface area contributed by atoms with E-state index in [4.69, 9.17) is 5.11 Å². The van der Waals surface area contributed by atoms with Crippen LogP contribution in [0.15, 0.2) is 30.3 Å². The van der Waals surface area contributed by atoms with Crippen molar-refractivity contribution in [1.82, 2.24) is 9.03 Å². The third kappa shape index (κ3) is 6.71. The first-order chi connectivity index (χ1) is 9.56. The second-order valence-electron chi connectivity index (χ2n) is 4.33. The fraction of sp³-hybridized carbons (Fsp3) is 0.538. The van der Waals surface area contributed by atoms with Gasteiger partial charge in [0.25, 0.3) is 10.2 Å². The van der Waals surface area contributed by atoms with E-state index in [1.165, 1.54) is 4.31 Å². The average Bonchev–Trinajstić information content (AvgIpc) is 2.43. The van der Waals surface area contributed by atoms with Crippen molar-refractivity contribution in [2.45, 2.75) is 13.0 Å². The van der Waals surface area contributed by atoms with Crippen LogP contribution >= 0.6 is 11.8 Å². The van der Waals surface area contributed by atoms with Crippen molar-refractivity contribution in [2.24, 2.45) is 0 Å². The summed E-state index contributed by atoms with van der Waals surface area (Å²) in [5.74, 6) is 1.55. The molecule has 1 aromatic carbocycles. The highest BCUT2D eigenvalue weighted by Crippen LogP contribution is 2.06. The van der Waals surface area contributed by atoms with Crippen LogP contribution in [0.5, 0.6) is 0 Å². The number of rotatable bonds is 10. The van der Waals surface area contributed by atoms with Crippen molar-refractivity contribution in [2.75, 3.05) is 31.7 Å². The molecule has 0 aliphatic rings. The minimum Gasteiger partial charge on any atom is -0.396 e. The van der Waals surface area contributed by atoms with Gasteiger partial charge >= 0.3 is 0 Å².